The molecule has 0 N–H and O–H groups in total. The highest BCUT2D eigenvalue weighted by Crippen LogP contribution is 2.43. The molecule has 0 spiro atoms. The fraction of sp³-hybridized carbons (Fsp3) is 0.750. The van der Waals surface area contributed by atoms with Gasteiger partial charge in [-0.3, -0.25) is 0 Å². The van der Waals surface area contributed by atoms with Crippen molar-refractivity contribution in [3.05, 3.63) is 23.8 Å². The van der Waals surface area contributed by atoms with Crippen molar-refractivity contribution in [2.75, 3.05) is 0 Å². The van der Waals surface area contributed by atoms with E-state index in [4.69, 9.17) is 0 Å². The van der Waals surface area contributed by atoms with Gasteiger partial charge in [0.15, 0.2) is 0 Å². The van der Waals surface area contributed by atoms with Crippen LogP contribution in [0.15, 0.2) is 23.8 Å². The minimum atomic E-state index is 0.826. The van der Waals surface area contributed by atoms with Crippen LogP contribution in [0.25, 0.3) is 0 Å². The Morgan fingerprint density at radius 3 is 2.75 bits per heavy atom. The molecule has 0 saturated heterocycles. The molecular weight excluding hydrogens is 192 g/mol. The van der Waals surface area contributed by atoms with Crippen molar-refractivity contribution < 1.29 is 0 Å². The van der Waals surface area contributed by atoms with Crippen LogP contribution >= 0.6 is 0 Å². The first-order chi connectivity index (χ1) is 7.79. The third kappa shape index (κ3) is 2.78. The van der Waals surface area contributed by atoms with Crippen molar-refractivity contribution in [1.29, 1.82) is 0 Å². The Kier molecular flexibility index (Phi) is 4.26. The molecule has 2 atom stereocenters. The van der Waals surface area contributed by atoms with Crippen molar-refractivity contribution in [3.8, 4) is 0 Å². The smallest absolute Gasteiger partial charge is 0.0174 e. The highest BCUT2D eigenvalue weighted by atomic mass is 14.4. The average Bonchev–Trinajstić information content (AvgIpc) is 2.67. The van der Waals surface area contributed by atoms with Gasteiger partial charge in [-0.15, -0.1) is 0 Å². The van der Waals surface area contributed by atoms with E-state index in [1.165, 1.54) is 44.9 Å². The van der Waals surface area contributed by atoms with E-state index in [1.807, 2.05) is 0 Å². The predicted molar refractivity (Wildman–Crippen MR) is 71.4 cm³/mol. The van der Waals surface area contributed by atoms with Gasteiger partial charge < -0.3 is 0 Å². The quantitative estimate of drug-likeness (QED) is 0.573. The summed E-state index contributed by atoms with van der Waals surface area (Å²) < 4.78 is 0. The number of allylic oxidation sites excluding steroid dienone is 4. The lowest BCUT2D eigenvalue weighted by Crippen LogP contribution is -2.09. The van der Waals surface area contributed by atoms with Crippen LogP contribution in [0.5, 0.6) is 0 Å². The van der Waals surface area contributed by atoms with E-state index in [0.29, 0.717) is 0 Å². The van der Waals surface area contributed by atoms with Crippen LogP contribution in [0.1, 0.15) is 58.8 Å². The van der Waals surface area contributed by atoms with Crippen LogP contribution in [0.3, 0.4) is 0 Å². The summed E-state index contributed by atoms with van der Waals surface area (Å²) in [4.78, 5) is 0. The molecule has 0 radical (unpaired) electrons. The van der Waals surface area contributed by atoms with Crippen LogP contribution in [0.4, 0.5) is 0 Å². The summed E-state index contributed by atoms with van der Waals surface area (Å²) in [6, 6.07) is 0. The lowest BCUT2D eigenvalue weighted by molar-refractivity contribution is 0.451. The van der Waals surface area contributed by atoms with Gasteiger partial charge in [-0.2, -0.15) is 0 Å². The van der Waals surface area contributed by atoms with Crippen molar-refractivity contribution in [2.45, 2.75) is 58.8 Å². The third-order valence-electron chi connectivity index (χ3n) is 4.38. The summed E-state index contributed by atoms with van der Waals surface area (Å²) in [7, 11) is 0. The molecule has 0 aromatic carbocycles. The molecule has 1 fully saturated rings. The van der Waals surface area contributed by atoms with E-state index in [1.54, 1.807) is 5.57 Å². The third-order valence-corrected chi connectivity index (χ3v) is 4.38. The molecule has 90 valence electrons. The van der Waals surface area contributed by atoms with Crippen LogP contribution in [-0.2, 0) is 0 Å². The topological polar surface area (TPSA) is 0 Å². The summed E-state index contributed by atoms with van der Waals surface area (Å²) in [5.74, 6) is 2.61. The highest BCUT2D eigenvalue weighted by molar-refractivity contribution is 5.22. The Bertz CT molecular complexity index is 270. The lowest BCUT2D eigenvalue weighted by Gasteiger charge is -2.20. The number of rotatable bonds is 1. The fourth-order valence-corrected chi connectivity index (χ4v) is 3.41. The molecule has 0 aromatic heterocycles. The Labute approximate surface area is 101 Å². The largest absolute Gasteiger partial charge is 0.0845 e. The summed E-state index contributed by atoms with van der Waals surface area (Å²) in [6.45, 7) is 4.77. The van der Waals surface area contributed by atoms with E-state index >= 15 is 0 Å². The summed E-state index contributed by atoms with van der Waals surface area (Å²) in [5.41, 5.74) is 1.77. The zero-order valence-corrected chi connectivity index (χ0v) is 10.9. The minimum absolute atomic E-state index is 0.826. The average molecular weight is 218 g/mol. The number of fused-ring (bicyclic) bond motifs is 1. The van der Waals surface area contributed by atoms with E-state index in [9.17, 15) is 0 Å². The highest BCUT2D eigenvalue weighted by Gasteiger charge is 2.31. The van der Waals surface area contributed by atoms with Crippen molar-refractivity contribution >= 4 is 0 Å². The predicted octanol–water partition coefficient (Wildman–Crippen LogP) is 5.12. The summed E-state index contributed by atoms with van der Waals surface area (Å²) in [6.07, 6.45) is 17.0. The van der Waals surface area contributed by atoms with Crippen LogP contribution in [0.2, 0.25) is 0 Å². The standard InChI is InChI=1S/C16H26/c1-13(2)15-12-11-14-9-7-5-3-4-6-8-10-16(14)15/h6,8,10,13-15H,3-5,7,9,11-12H2,1-2H3/b8-6+,16-10?. The van der Waals surface area contributed by atoms with Crippen LogP contribution in [0, 0.1) is 17.8 Å². The molecule has 0 nitrogen and oxygen atoms in total. The molecule has 1 saturated carbocycles. The fourth-order valence-electron chi connectivity index (χ4n) is 3.41. The van der Waals surface area contributed by atoms with E-state index < -0.39 is 0 Å². The lowest BCUT2D eigenvalue weighted by atomic mass is 9.85. The zero-order valence-electron chi connectivity index (χ0n) is 10.9. The van der Waals surface area contributed by atoms with Gasteiger partial charge in [0, 0.05) is 0 Å². The molecular formula is C16H26. The van der Waals surface area contributed by atoms with Gasteiger partial charge in [-0.1, -0.05) is 50.5 Å². The van der Waals surface area contributed by atoms with Gasteiger partial charge in [-0.25, -0.2) is 0 Å². The van der Waals surface area contributed by atoms with Crippen LogP contribution in [-0.4, -0.2) is 0 Å². The summed E-state index contributed by atoms with van der Waals surface area (Å²) in [5, 5.41) is 0. The maximum atomic E-state index is 2.45. The molecule has 2 aliphatic carbocycles. The first kappa shape index (κ1) is 12.0. The zero-order chi connectivity index (χ0) is 11.4. The molecule has 0 amide bonds. The maximum absolute atomic E-state index is 2.45. The second kappa shape index (κ2) is 5.70. The molecule has 0 aromatic rings. The van der Waals surface area contributed by atoms with E-state index in [0.717, 1.165) is 17.8 Å². The molecule has 2 rings (SSSR count). The molecule has 16 heavy (non-hydrogen) atoms. The maximum Gasteiger partial charge on any atom is -0.0174 e. The van der Waals surface area contributed by atoms with Gasteiger partial charge in [0.2, 0.25) is 0 Å². The normalized spacial score (nSPS) is 33.3. The summed E-state index contributed by atoms with van der Waals surface area (Å²) >= 11 is 0. The second-order valence-corrected chi connectivity index (χ2v) is 5.86. The second-order valence-electron chi connectivity index (χ2n) is 5.86. The van der Waals surface area contributed by atoms with E-state index in [2.05, 4.69) is 32.1 Å². The molecule has 0 aliphatic heterocycles. The Hall–Kier alpha value is -0.520. The SMILES string of the molecule is CC(C)C1CCC2CCCCC/C=C/C=C21. The van der Waals surface area contributed by atoms with Crippen LogP contribution < -0.4 is 0 Å². The van der Waals surface area contributed by atoms with E-state index in [-0.39, 0.29) is 0 Å². The minimum Gasteiger partial charge on any atom is -0.0845 e. The van der Waals surface area contributed by atoms with Gasteiger partial charge in [-0.05, 0) is 49.9 Å². The van der Waals surface area contributed by atoms with Gasteiger partial charge >= 0.3 is 0 Å². The Morgan fingerprint density at radius 2 is 1.94 bits per heavy atom. The van der Waals surface area contributed by atoms with Crippen molar-refractivity contribution in [1.82, 2.24) is 0 Å². The first-order valence-electron chi connectivity index (χ1n) is 7.15. The molecule has 0 heterocycles. The number of hydrogen-bond donors (Lipinski definition) is 0. The first-order valence-corrected chi connectivity index (χ1v) is 7.15. The van der Waals surface area contributed by atoms with Gasteiger partial charge in [0.05, 0.1) is 0 Å². The molecule has 2 aliphatic rings. The Morgan fingerprint density at radius 1 is 1.06 bits per heavy atom. The van der Waals surface area contributed by atoms with Gasteiger partial charge in [0.25, 0.3) is 0 Å². The van der Waals surface area contributed by atoms with Gasteiger partial charge in [0.1, 0.15) is 0 Å². The Balaban J connectivity index is 2.14. The number of hydrogen-bond acceptors (Lipinski definition) is 0. The molecule has 0 bridgehead atoms. The van der Waals surface area contributed by atoms with Crippen molar-refractivity contribution in [2.24, 2.45) is 17.8 Å². The molecule has 0 heteroatoms. The monoisotopic (exact) mass is 218 g/mol. The van der Waals surface area contributed by atoms with Crippen molar-refractivity contribution in [3.63, 3.8) is 0 Å². The molecule has 2 unspecified atom stereocenters.